The van der Waals surface area contributed by atoms with E-state index in [2.05, 4.69) is 64.9 Å². The third kappa shape index (κ3) is 7.20. The first-order chi connectivity index (χ1) is 17.8. The standard InChI is InChI=1S/C28H33N5O2S2/c1-18(2)15-33-26(20(5)35-23-13-11-21(12-14-23)19(3)4)31-32-28(33)37-17-25(34)30-27-29-24(16-36-27)22-9-7-6-8-10-22/h6-14,16,18-20H,15,17H2,1-5H3,(H,29,30,34). The molecule has 1 atom stereocenters. The van der Waals surface area contributed by atoms with Gasteiger partial charge in [0.2, 0.25) is 5.91 Å². The molecule has 7 nitrogen and oxygen atoms in total. The number of benzene rings is 2. The number of carbonyl (C=O) groups excluding carboxylic acids is 1. The molecule has 37 heavy (non-hydrogen) atoms. The van der Waals surface area contributed by atoms with Crippen LogP contribution < -0.4 is 10.1 Å². The zero-order chi connectivity index (χ0) is 26.4. The summed E-state index contributed by atoms with van der Waals surface area (Å²) >= 11 is 2.78. The molecule has 0 aliphatic heterocycles. The summed E-state index contributed by atoms with van der Waals surface area (Å²) in [5.74, 6) is 2.47. The van der Waals surface area contributed by atoms with Crippen molar-refractivity contribution in [3.63, 3.8) is 0 Å². The Hall–Kier alpha value is -3.17. The first-order valence-corrected chi connectivity index (χ1v) is 14.3. The molecule has 2 heterocycles. The highest BCUT2D eigenvalue weighted by Crippen LogP contribution is 2.28. The second-order valence-corrected chi connectivity index (χ2v) is 11.4. The van der Waals surface area contributed by atoms with E-state index in [-0.39, 0.29) is 17.8 Å². The average molecular weight is 536 g/mol. The molecule has 0 spiro atoms. The van der Waals surface area contributed by atoms with Crippen LogP contribution in [0.1, 0.15) is 58.0 Å². The van der Waals surface area contributed by atoms with Gasteiger partial charge in [-0.3, -0.25) is 4.79 Å². The Bertz CT molecular complexity index is 1300. The van der Waals surface area contributed by atoms with Crippen LogP contribution in [0.5, 0.6) is 5.75 Å². The minimum absolute atomic E-state index is 0.130. The number of nitrogens with one attached hydrogen (secondary N) is 1. The quantitative estimate of drug-likeness (QED) is 0.207. The van der Waals surface area contributed by atoms with Crippen molar-refractivity contribution in [2.24, 2.45) is 5.92 Å². The zero-order valence-electron chi connectivity index (χ0n) is 21.8. The Morgan fingerprint density at radius 1 is 1.03 bits per heavy atom. The van der Waals surface area contributed by atoms with Gasteiger partial charge in [0.05, 0.1) is 11.4 Å². The molecule has 9 heteroatoms. The number of rotatable bonds is 11. The molecule has 1 amide bonds. The number of anilines is 1. The van der Waals surface area contributed by atoms with Gasteiger partial charge in [-0.2, -0.15) is 0 Å². The van der Waals surface area contributed by atoms with Gasteiger partial charge in [0.15, 0.2) is 22.2 Å². The Kier molecular flexibility index (Phi) is 9.00. The lowest BCUT2D eigenvalue weighted by atomic mass is 10.0. The number of carbonyl (C=O) groups is 1. The van der Waals surface area contributed by atoms with Gasteiger partial charge in [0.1, 0.15) is 5.75 Å². The molecular weight excluding hydrogens is 502 g/mol. The molecule has 2 aromatic heterocycles. The molecule has 0 aliphatic rings. The molecule has 1 N–H and O–H groups in total. The summed E-state index contributed by atoms with van der Waals surface area (Å²) in [5.41, 5.74) is 3.15. The third-order valence-corrected chi connectivity index (χ3v) is 7.39. The highest BCUT2D eigenvalue weighted by atomic mass is 32.2. The number of thiazole rings is 1. The first-order valence-electron chi connectivity index (χ1n) is 12.4. The number of aromatic nitrogens is 4. The molecule has 0 fully saturated rings. The maximum atomic E-state index is 12.7. The molecule has 0 aliphatic carbocycles. The summed E-state index contributed by atoms with van der Waals surface area (Å²) in [6, 6.07) is 18.1. The lowest BCUT2D eigenvalue weighted by Gasteiger charge is -2.18. The van der Waals surface area contributed by atoms with E-state index in [1.54, 1.807) is 0 Å². The molecule has 0 bridgehead atoms. The molecule has 2 aromatic carbocycles. The van der Waals surface area contributed by atoms with Crippen molar-refractivity contribution >= 4 is 34.1 Å². The van der Waals surface area contributed by atoms with Crippen LogP contribution >= 0.6 is 23.1 Å². The first kappa shape index (κ1) is 26.9. The third-order valence-electron chi connectivity index (χ3n) is 5.67. The fourth-order valence-electron chi connectivity index (χ4n) is 3.79. The topological polar surface area (TPSA) is 81.9 Å². The van der Waals surface area contributed by atoms with E-state index in [1.165, 1.54) is 28.7 Å². The second kappa shape index (κ2) is 12.4. The second-order valence-electron chi connectivity index (χ2n) is 9.57. The summed E-state index contributed by atoms with van der Waals surface area (Å²) in [6.45, 7) is 11.3. The number of ether oxygens (including phenoxy) is 1. The van der Waals surface area contributed by atoms with Crippen molar-refractivity contribution in [2.75, 3.05) is 11.1 Å². The van der Waals surface area contributed by atoms with E-state index < -0.39 is 0 Å². The summed E-state index contributed by atoms with van der Waals surface area (Å²) in [4.78, 5) is 17.2. The van der Waals surface area contributed by atoms with Gasteiger partial charge < -0.3 is 14.6 Å². The fraction of sp³-hybridized carbons (Fsp3) is 0.357. The molecule has 4 aromatic rings. The molecule has 1 unspecified atom stereocenters. The minimum atomic E-state index is -0.286. The number of nitrogens with zero attached hydrogens (tertiary/aromatic N) is 4. The van der Waals surface area contributed by atoms with Crippen LogP contribution in [0.4, 0.5) is 5.13 Å². The van der Waals surface area contributed by atoms with Crippen molar-refractivity contribution in [1.29, 1.82) is 0 Å². The molecule has 0 radical (unpaired) electrons. The van der Waals surface area contributed by atoms with Gasteiger partial charge in [-0.05, 0) is 36.5 Å². The zero-order valence-corrected chi connectivity index (χ0v) is 23.5. The highest BCUT2D eigenvalue weighted by Gasteiger charge is 2.21. The molecule has 0 saturated carbocycles. The van der Waals surface area contributed by atoms with Crippen LogP contribution in [0.15, 0.2) is 65.1 Å². The summed E-state index contributed by atoms with van der Waals surface area (Å²) in [6.07, 6.45) is -0.286. The molecule has 0 saturated heterocycles. The fourth-order valence-corrected chi connectivity index (χ4v) is 5.28. The largest absolute Gasteiger partial charge is 0.483 e. The van der Waals surface area contributed by atoms with Gasteiger partial charge in [-0.15, -0.1) is 21.5 Å². The van der Waals surface area contributed by atoms with Crippen LogP contribution in [-0.2, 0) is 11.3 Å². The Morgan fingerprint density at radius 3 is 2.43 bits per heavy atom. The van der Waals surface area contributed by atoms with E-state index in [4.69, 9.17) is 4.74 Å². The SMILES string of the molecule is CC(C)Cn1c(SCC(=O)Nc2nc(-c3ccccc3)cs2)nnc1C(C)Oc1ccc(C(C)C)cc1. The maximum absolute atomic E-state index is 12.7. The van der Waals surface area contributed by atoms with Crippen molar-refractivity contribution in [2.45, 2.75) is 58.3 Å². The van der Waals surface area contributed by atoms with Crippen LogP contribution in [0, 0.1) is 5.92 Å². The molecular formula is C28H33N5O2S2. The summed E-state index contributed by atoms with van der Waals surface area (Å²) in [5, 5.41) is 15.0. The van der Waals surface area contributed by atoms with Crippen molar-refractivity contribution in [1.82, 2.24) is 19.7 Å². The average Bonchev–Trinajstić information content (AvgIpc) is 3.50. The van der Waals surface area contributed by atoms with E-state index in [1.807, 2.05) is 54.8 Å². The van der Waals surface area contributed by atoms with Gasteiger partial charge in [-0.25, -0.2) is 4.98 Å². The Morgan fingerprint density at radius 2 is 1.76 bits per heavy atom. The smallest absolute Gasteiger partial charge is 0.236 e. The maximum Gasteiger partial charge on any atom is 0.236 e. The minimum Gasteiger partial charge on any atom is -0.483 e. The number of thioether (sulfide) groups is 1. The monoisotopic (exact) mass is 535 g/mol. The molecule has 4 rings (SSSR count). The van der Waals surface area contributed by atoms with Crippen molar-refractivity contribution < 1.29 is 9.53 Å². The van der Waals surface area contributed by atoms with E-state index in [0.717, 1.165) is 29.4 Å². The van der Waals surface area contributed by atoms with E-state index in [9.17, 15) is 4.79 Å². The Balaban J connectivity index is 1.40. The van der Waals surface area contributed by atoms with E-state index >= 15 is 0 Å². The van der Waals surface area contributed by atoms with Crippen molar-refractivity contribution in [3.8, 4) is 17.0 Å². The van der Waals surface area contributed by atoms with Crippen molar-refractivity contribution in [3.05, 3.63) is 71.4 Å². The van der Waals surface area contributed by atoms with Crippen LogP contribution in [0.25, 0.3) is 11.3 Å². The van der Waals surface area contributed by atoms with Crippen LogP contribution in [0.2, 0.25) is 0 Å². The van der Waals surface area contributed by atoms with Gasteiger partial charge >= 0.3 is 0 Å². The van der Waals surface area contributed by atoms with Gasteiger partial charge in [0.25, 0.3) is 0 Å². The molecule has 194 valence electrons. The summed E-state index contributed by atoms with van der Waals surface area (Å²) in [7, 11) is 0. The number of hydrogen-bond donors (Lipinski definition) is 1. The van der Waals surface area contributed by atoms with Crippen LogP contribution in [0.3, 0.4) is 0 Å². The predicted octanol–water partition coefficient (Wildman–Crippen LogP) is 7.05. The number of hydrogen-bond acceptors (Lipinski definition) is 7. The highest BCUT2D eigenvalue weighted by molar-refractivity contribution is 7.99. The normalized spacial score (nSPS) is 12.2. The lowest BCUT2D eigenvalue weighted by Crippen LogP contribution is -2.17. The number of amides is 1. The van der Waals surface area contributed by atoms with Gasteiger partial charge in [-0.1, -0.05) is 81.9 Å². The van der Waals surface area contributed by atoms with E-state index in [0.29, 0.717) is 22.1 Å². The lowest BCUT2D eigenvalue weighted by molar-refractivity contribution is -0.113. The van der Waals surface area contributed by atoms with Gasteiger partial charge in [0, 0.05) is 17.5 Å². The summed E-state index contributed by atoms with van der Waals surface area (Å²) < 4.78 is 8.26. The Labute approximate surface area is 226 Å². The predicted molar refractivity (Wildman–Crippen MR) is 151 cm³/mol. The van der Waals surface area contributed by atoms with Crippen LogP contribution in [-0.4, -0.2) is 31.4 Å².